The molecule has 0 aromatic carbocycles. The molecule has 1 heterocycles. The summed E-state index contributed by atoms with van der Waals surface area (Å²) in [5.74, 6) is 1.74. The number of hydrogen-bond acceptors (Lipinski definition) is 1. The number of amides is 1. The Kier molecular flexibility index (Phi) is 10.2. The Morgan fingerprint density at radius 1 is 1.15 bits per heavy atom. The Balaban J connectivity index is 2.06. The predicted molar refractivity (Wildman–Crippen MR) is 87.3 cm³/mol. The second-order valence-electron chi connectivity index (χ2n) is 6.20. The van der Waals surface area contributed by atoms with E-state index in [0.29, 0.717) is 11.8 Å². The number of likely N-dealkylation sites (tertiary alicyclic amines) is 1. The van der Waals surface area contributed by atoms with Crippen LogP contribution in [0.4, 0.5) is 0 Å². The fourth-order valence-electron chi connectivity index (χ4n) is 3.07. The van der Waals surface area contributed by atoms with Gasteiger partial charge in [0.05, 0.1) is 0 Å². The maximum absolute atomic E-state index is 12.2. The molecule has 3 heteroatoms. The Hall–Kier alpha value is -0.240. The van der Waals surface area contributed by atoms with E-state index in [4.69, 9.17) is 11.6 Å². The van der Waals surface area contributed by atoms with Gasteiger partial charge in [-0.15, -0.1) is 11.6 Å². The van der Waals surface area contributed by atoms with Crippen LogP contribution in [0.25, 0.3) is 0 Å². The number of carbonyl (C=O) groups is 1. The normalized spacial score (nSPS) is 19.3. The van der Waals surface area contributed by atoms with Gasteiger partial charge in [-0.3, -0.25) is 4.79 Å². The molecule has 2 nitrogen and oxygen atoms in total. The van der Waals surface area contributed by atoms with E-state index in [1.165, 1.54) is 44.9 Å². The second-order valence-corrected chi connectivity index (χ2v) is 6.57. The number of carbonyl (C=O) groups excluding carboxylic acids is 1. The molecule has 0 bridgehead atoms. The van der Waals surface area contributed by atoms with Gasteiger partial charge in [-0.1, -0.05) is 45.4 Å². The lowest BCUT2D eigenvalue weighted by Crippen LogP contribution is -2.39. The summed E-state index contributed by atoms with van der Waals surface area (Å²) in [6.07, 6.45) is 13.1. The summed E-state index contributed by atoms with van der Waals surface area (Å²) in [7, 11) is 0. The molecule has 1 aliphatic rings. The van der Waals surface area contributed by atoms with Crippen molar-refractivity contribution < 1.29 is 4.79 Å². The molecule has 1 saturated heterocycles. The number of rotatable bonds is 10. The summed E-state index contributed by atoms with van der Waals surface area (Å²) < 4.78 is 0. The summed E-state index contributed by atoms with van der Waals surface area (Å²) in [6.45, 7) is 4.16. The predicted octanol–water partition coefficient (Wildman–Crippen LogP) is 4.99. The van der Waals surface area contributed by atoms with Crippen LogP contribution in [-0.4, -0.2) is 29.8 Å². The fraction of sp³-hybridized carbons (Fsp3) is 0.941. The molecule has 0 aromatic heterocycles. The summed E-state index contributed by atoms with van der Waals surface area (Å²) in [5, 5.41) is 0. The van der Waals surface area contributed by atoms with E-state index < -0.39 is 0 Å². The van der Waals surface area contributed by atoms with E-state index in [1.807, 2.05) is 0 Å². The molecule has 0 radical (unpaired) electrons. The highest BCUT2D eigenvalue weighted by Gasteiger charge is 2.22. The highest BCUT2D eigenvalue weighted by Crippen LogP contribution is 2.21. The van der Waals surface area contributed by atoms with Crippen molar-refractivity contribution in [1.29, 1.82) is 0 Å². The van der Waals surface area contributed by atoms with E-state index in [9.17, 15) is 4.79 Å². The van der Waals surface area contributed by atoms with Crippen LogP contribution in [0.2, 0.25) is 0 Å². The zero-order valence-corrected chi connectivity index (χ0v) is 14.0. The number of halogens is 1. The molecule has 1 aliphatic heterocycles. The van der Waals surface area contributed by atoms with E-state index >= 15 is 0 Å². The minimum atomic E-state index is 0.373. The number of hydrogen-bond donors (Lipinski definition) is 0. The molecule has 1 fully saturated rings. The quantitative estimate of drug-likeness (QED) is 0.411. The Morgan fingerprint density at radius 3 is 2.55 bits per heavy atom. The van der Waals surface area contributed by atoms with Crippen LogP contribution in [0.15, 0.2) is 0 Å². The van der Waals surface area contributed by atoms with Gasteiger partial charge in [-0.2, -0.15) is 0 Å². The van der Waals surface area contributed by atoms with Gasteiger partial charge in [0.15, 0.2) is 0 Å². The Labute approximate surface area is 130 Å². The molecule has 0 spiro atoms. The lowest BCUT2D eigenvalue weighted by molar-refractivity contribution is -0.133. The SMILES string of the molecule is CCCCCCCCCC(=O)N1CCCC(CCCl)C1. The van der Waals surface area contributed by atoms with Crippen molar-refractivity contribution in [1.82, 2.24) is 4.90 Å². The minimum Gasteiger partial charge on any atom is -0.342 e. The van der Waals surface area contributed by atoms with Crippen LogP contribution in [0.3, 0.4) is 0 Å². The molecule has 118 valence electrons. The standard InChI is InChI=1S/C17H32ClNO/c1-2-3-4-5-6-7-8-11-17(20)19-14-9-10-16(15-19)12-13-18/h16H,2-15H2,1H3. The van der Waals surface area contributed by atoms with Crippen molar-refractivity contribution in [3.8, 4) is 0 Å². The second kappa shape index (κ2) is 11.4. The summed E-state index contributed by atoms with van der Waals surface area (Å²) in [4.78, 5) is 14.3. The zero-order valence-electron chi connectivity index (χ0n) is 13.2. The largest absolute Gasteiger partial charge is 0.342 e. The fourth-order valence-corrected chi connectivity index (χ4v) is 3.38. The van der Waals surface area contributed by atoms with E-state index in [1.54, 1.807) is 0 Å². The van der Waals surface area contributed by atoms with E-state index in [2.05, 4.69) is 11.8 Å². The molecule has 1 rings (SSSR count). The van der Waals surface area contributed by atoms with Crippen molar-refractivity contribution in [3.05, 3.63) is 0 Å². The van der Waals surface area contributed by atoms with Crippen molar-refractivity contribution in [2.75, 3.05) is 19.0 Å². The molecular weight excluding hydrogens is 270 g/mol. The Morgan fingerprint density at radius 2 is 1.85 bits per heavy atom. The van der Waals surface area contributed by atoms with Crippen molar-refractivity contribution in [2.45, 2.75) is 77.6 Å². The average molecular weight is 302 g/mol. The summed E-state index contributed by atoms with van der Waals surface area (Å²) >= 11 is 5.81. The first kappa shape index (κ1) is 17.8. The van der Waals surface area contributed by atoms with Gasteiger partial charge in [0, 0.05) is 25.4 Å². The molecule has 1 unspecified atom stereocenters. The number of nitrogens with zero attached hydrogens (tertiary/aromatic N) is 1. The van der Waals surface area contributed by atoms with Gasteiger partial charge in [-0.05, 0) is 31.6 Å². The van der Waals surface area contributed by atoms with Crippen LogP contribution in [0.5, 0.6) is 0 Å². The number of unbranched alkanes of at least 4 members (excludes halogenated alkanes) is 6. The van der Waals surface area contributed by atoms with Crippen LogP contribution in [-0.2, 0) is 4.79 Å². The van der Waals surface area contributed by atoms with Gasteiger partial charge in [0.2, 0.25) is 5.91 Å². The van der Waals surface area contributed by atoms with Gasteiger partial charge in [-0.25, -0.2) is 0 Å². The highest BCUT2D eigenvalue weighted by molar-refractivity contribution is 6.17. The molecule has 0 N–H and O–H groups in total. The monoisotopic (exact) mass is 301 g/mol. The van der Waals surface area contributed by atoms with Gasteiger partial charge >= 0.3 is 0 Å². The molecule has 0 aromatic rings. The maximum Gasteiger partial charge on any atom is 0.222 e. The molecule has 1 amide bonds. The number of piperidine rings is 1. The van der Waals surface area contributed by atoms with Gasteiger partial charge in [0.25, 0.3) is 0 Å². The maximum atomic E-state index is 12.2. The van der Waals surface area contributed by atoms with Gasteiger partial charge in [0.1, 0.15) is 0 Å². The highest BCUT2D eigenvalue weighted by atomic mass is 35.5. The van der Waals surface area contributed by atoms with Crippen LogP contribution in [0.1, 0.15) is 77.6 Å². The first-order valence-corrected chi connectivity index (χ1v) is 9.15. The van der Waals surface area contributed by atoms with Gasteiger partial charge < -0.3 is 4.90 Å². The molecule has 20 heavy (non-hydrogen) atoms. The Bertz CT molecular complexity index is 255. The molecule has 0 aliphatic carbocycles. The molecule has 1 atom stereocenters. The van der Waals surface area contributed by atoms with Crippen LogP contribution >= 0.6 is 11.6 Å². The van der Waals surface area contributed by atoms with Crippen molar-refractivity contribution in [2.24, 2.45) is 5.92 Å². The van der Waals surface area contributed by atoms with Crippen molar-refractivity contribution >= 4 is 17.5 Å². The number of alkyl halides is 1. The molecular formula is C17H32ClNO. The van der Waals surface area contributed by atoms with E-state index in [0.717, 1.165) is 44.7 Å². The third-order valence-corrected chi connectivity index (χ3v) is 4.60. The van der Waals surface area contributed by atoms with Crippen LogP contribution < -0.4 is 0 Å². The van der Waals surface area contributed by atoms with Crippen molar-refractivity contribution in [3.63, 3.8) is 0 Å². The smallest absolute Gasteiger partial charge is 0.222 e. The lowest BCUT2D eigenvalue weighted by atomic mass is 9.95. The summed E-state index contributed by atoms with van der Waals surface area (Å²) in [5.41, 5.74) is 0. The average Bonchev–Trinajstić information content (AvgIpc) is 2.47. The topological polar surface area (TPSA) is 20.3 Å². The minimum absolute atomic E-state index is 0.373. The first-order chi connectivity index (χ1) is 9.77. The van der Waals surface area contributed by atoms with Crippen LogP contribution in [0, 0.1) is 5.92 Å². The lowest BCUT2D eigenvalue weighted by Gasteiger charge is -2.32. The summed E-state index contributed by atoms with van der Waals surface area (Å²) in [6, 6.07) is 0. The third-order valence-electron chi connectivity index (χ3n) is 4.38. The zero-order chi connectivity index (χ0) is 14.6. The first-order valence-electron chi connectivity index (χ1n) is 8.61. The third kappa shape index (κ3) is 7.52. The van der Waals surface area contributed by atoms with E-state index in [-0.39, 0.29) is 0 Å². The molecule has 0 saturated carbocycles.